The van der Waals surface area contributed by atoms with Crippen LogP contribution in [0.1, 0.15) is 206 Å². The van der Waals surface area contributed by atoms with Crippen LogP contribution in [0.15, 0.2) is 48.6 Å². The van der Waals surface area contributed by atoms with Gasteiger partial charge in [0.1, 0.15) is 6.61 Å². The lowest BCUT2D eigenvalue weighted by Gasteiger charge is -2.15. The molecule has 1 N–H and O–H groups in total. The first-order valence-corrected chi connectivity index (χ1v) is 21.2. The van der Waals surface area contributed by atoms with E-state index in [2.05, 4.69) is 62.5 Å². The average molecular weight is 701 g/mol. The fourth-order valence-electron chi connectivity index (χ4n) is 5.96. The zero-order chi connectivity index (χ0) is 36.4. The van der Waals surface area contributed by atoms with E-state index >= 15 is 0 Å². The molecule has 1 atom stereocenters. The minimum Gasteiger partial charge on any atom is -0.462 e. The van der Waals surface area contributed by atoms with Crippen molar-refractivity contribution in [1.29, 1.82) is 0 Å². The van der Waals surface area contributed by atoms with E-state index in [-0.39, 0.29) is 25.2 Å². The number of carbonyl (C=O) groups excluding carboxylic acids is 2. The highest BCUT2D eigenvalue weighted by molar-refractivity contribution is 5.70. The molecule has 0 fully saturated rings. The molecular formula is C45H80O5. The predicted molar refractivity (Wildman–Crippen MR) is 214 cm³/mol. The van der Waals surface area contributed by atoms with Gasteiger partial charge in [0.2, 0.25) is 0 Å². The van der Waals surface area contributed by atoms with E-state index in [9.17, 15) is 14.7 Å². The predicted octanol–water partition coefficient (Wildman–Crippen LogP) is 13.4. The van der Waals surface area contributed by atoms with Crippen LogP contribution in [0.5, 0.6) is 0 Å². The second-order valence-corrected chi connectivity index (χ2v) is 14.0. The quantitative estimate of drug-likeness (QED) is 0.0394. The second-order valence-electron chi connectivity index (χ2n) is 14.0. The molecule has 0 aliphatic heterocycles. The number of ether oxygens (including phenoxy) is 2. The fraction of sp³-hybridized carbons (Fsp3) is 0.778. The molecule has 0 aliphatic rings. The van der Waals surface area contributed by atoms with Gasteiger partial charge in [-0.25, -0.2) is 0 Å². The van der Waals surface area contributed by atoms with E-state index in [0.717, 1.165) is 77.0 Å². The summed E-state index contributed by atoms with van der Waals surface area (Å²) in [6, 6.07) is 0. The van der Waals surface area contributed by atoms with Gasteiger partial charge in [0.05, 0.1) is 6.61 Å². The monoisotopic (exact) mass is 701 g/mol. The van der Waals surface area contributed by atoms with Crippen LogP contribution in [-0.2, 0) is 19.1 Å². The summed E-state index contributed by atoms with van der Waals surface area (Å²) in [4.78, 5) is 24.3. The van der Waals surface area contributed by atoms with Gasteiger partial charge in [-0.1, -0.05) is 191 Å². The summed E-state index contributed by atoms with van der Waals surface area (Å²) in [5.74, 6) is -0.613. The molecular weight excluding hydrogens is 620 g/mol. The third kappa shape index (κ3) is 38.7. The minimum atomic E-state index is -0.783. The van der Waals surface area contributed by atoms with Gasteiger partial charge in [-0.3, -0.25) is 9.59 Å². The normalized spacial score (nSPS) is 12.6. The molecule has 0 rings (SSSR count). The van der Waals surface area contributed by atoms with Gasteiger partial charge >= 0.3 is 11.9 Å². The molecule has 0 aromatic heterocycles. The van der Waals surface area contributed by atoms with E-state index in [0.29, 0.717) is 12.8 Å². The van der Waals surface area contributed by atoms with Crippen molar-refractivity contribution >= 4 is 11.9 Å². The van der Waals surface area contributed by atoms with Gasteiger partial charge in [-0.2, -0.15) is 0 Å². The number of esters is 2. The van der Waals surface area contributed by atoms with Crippen molar-refractivity contribution in [1.82, 2.24) is 0 Å². The number of aliphatic hydroxyl groups is 1. The number of hydrogen-bond donors (Lipinski definition) is 1. The fourth-order valence-corrected chi connectivity index (χ4v) is 5.96. The molecule has 0 aromatic carbocycles. The maximum Gasteiger partial charge on any atom is 0.306 e. The molecule has 0 saturated carbocycles. The Bertz CT molecular complexity index is 842. The molecule has 290 valence electrons. The SMILES string of the molecule is CCC=CCC=CCC=CCC=CCCCCCCC(=O)O[C@@H](CO)COC(=O)CCCCCCCCCCCCCCCCCCCCC. The Kier molecular flexibility index (Phi) is 39.5. The summed E-state index contributed by atoms with van der Waals surface area (Å²) in [5, 5.41) is 9.57. The first-order chi connectivity index (χ1) is 24.6. The van der Waals surface area contributed by atoms with Crippen LogP contribution in [0.2, 0.25) is 0 Å². The number of hydrogen-bond acceptors (Lipinski definition) is 5. The first-order valence-electron chi connectivity index (χ1n) is 21.2. The van der Waals surface area contributed by atoms with Crippen LogP contribution in [0.4, 0.5) is 0 Å². The summed E-state index contributed by atoms with van der Waals surface area (Å²) in [7, 11) is 0. The molecule has 0 aromatic rings. The summed E-state index contributed by atoms with van der Waals surface area (Å²) in [6.07, 6.45) is 51.8. The van der Waals surface area contributed by atoms with Crippen LogP contribution in [-0.4, -0.2) is 36.4 Å². The molecule has 0 aliphatic carbocycles. The third-order valence-corrected chi connectivity index (χ3v) is 9.14. The largest absolute Gasteiger partial charge is 0.462 e. The lowest BCUT2D eigenvalue weighted by molar-refractivity contribution is -0.161. The number of carbonyl (C=O) groups is 2. The topological polar surface area (TPSA) is 72.8 Å². The standard InChI is InChI=1S/C45H80O5/c1-3-5-7-9-11-13-15-17-19-21-22-24-25-27-29-31-33-35-37-39-44(47)49-42-43(41-46)50-45(48)40-38-36-34-32-30-28-26-23-20-18-16-14-12-10-8-6-4-2/h6,8,12,14,18,20,26,28,43,46H,3-5,7,9-11,13,15-17,19,21-25,27,29-42H2,1-2H3/t43-/m0/s1. The Morgan fingerprint density at radius 1 is 0.480 bits per heavy atom. The molecule has 5 nitrogen and oxygen atoms in total. The van der Waals surface area contributed by atoms with Crippen LogP contribution < -0.4 is 0 Å². The Morgan fingerprint density at radius 2 is 0.860 bits per heavy atom. The summed E-state index contributed by atoms with van der Waals surface area (Å²) >= 11 is 0. The number of aliphatic hydroxyl groups excluding tert-OH is 1. The Hall–Kier alpha value is -2.14. The zero-order valence-corrected chi connectivity index (χ0v) is 32.9. The zero-order valence-electron chi connectivity index (χ0n) is 32.9. The number of rotatable bonds is 38. The van der Waals surface area contributed by atoms with Crippen LogP contribution in [0.25, 0.3) is 0 Å². The minimum absolute atomic E-state index is 0.0743. The summed E-state index contributed by atoms with van der Waals surface area (Å²) in [6.45, 7) is 4.02. The molecule has 0 heterocycles. The van der Waals surface area contributed by atoms with E-state index < -0.39 is 6.10 Å². The molecule has 0 bridgehead atoms. The van der Waals surface area contributed by atoms with Gasteiger partial charge in [-0.05, 0) is 51.4 Å². The van der Waals surface area contributed by atoms with Crippen molar-refractivity contribution in [3.05, 3.63) is 48.6 Å². The first kappa shape index (κ1) is 47.9. The van der Waals surface area contributed by atoms with Crippen molar-refractivity contribution in [2.75, 3.05) is 13.2 Å². The molecule has 0 radical (unpaired) electrons. The molecule has 0 unspecified atom stereocenters. The maximum atomic E-state index is 12.2. The van der Waals surface area contributed by atoms with Gasteiger partial charge in [0.25, 0.3) is 0 Å². The average Bonchev–Trinajstić information content (AvgIpc) is 3.12. The van der Waals surface area contributed by atoms with Crippen molar-refractivity contribution in [3.8, 4) is 0 Å². The summed E-state index contributed by atoms with van der Waals surface area (Å²) < 4.78 is 10.6. The van der Waals surface area contributed by atoms with E-state index in [1.54, 1.807) is 0 Å². The highest BCUT2D eigenvalue weighted by Gasteiger charge is 2.16. The van der Waals surface area contributed by atoms with Gasteiger partial charge < -0.3 is 14.6 Å². The maximum absolute atomic E-state index is 12.2. The lowest BCUT2D eigenvalue weighted by atomic mass is 10.0. The molecule has 0 spiro atoms. The highest BCUT2D eigenvalue weighted by atomic mass is 16.6. The van der Waals surface area contributed by atoms with E-state index in [1.807, 2.05) is 0 Å². The second kappa shape index (κ2) is 41.3. The Morgan fingerprint density at radius 3 is 1.30 bits per heavy atom. The van der Waals surface area contributed by atoms with E-state index in [4.69, 9.17) is 9.47 Å². The van der Waals surface area contributed by atoms with Crippen molar-refractivity contribution < 1.29 is 24.2 Å². The van der Waals surface area contributed by atoms with Crippen molar-refractivity contribution in [2.45, 2.75) is 213 Å². The van der Waals surface area contributed by atoms with Crippen molar-refractivity contribution in [3.63, 3.8) is 0 Å². The molecule has 5 heteroatoms. The van der Waals surface area contributed by atoms with Gasteiger partial charge in [0.15, 0.2) is 6.10 Å². The molecule has 0 amide bonds. The van der Waals surface area contributed by atoms with Crippen LogP contribution in [0.3, 0.4) is 0 Å². The number of allylic oxidation sites excluding steroid dienone is 8. The van der Waals surface area contributed by atoms with Gasteiger partial charge in [0, 0.05) is 12.8 Å². The lowest BCUT2D eigenvalue weighted by Crippen LogP contribution is -2.28. The Labute approximate surface area is 309 Å². The molecule has 50 heavy (non-hydrogen) atoms. The Balaban J connectivity index is 3.56. The third-order valence-electron chi connectivity index (χ3n) is 9.14. The van der Waals surface area contributed by atoms with Crippen molar-refractivity contribution in [2.24, 2.45) is 0 Å². The van der Waals surface area contributed by atoms with Gasteiger partial charge in [-0.15, -0.1) is 0 Å². The summed E-state index contributed by atoms with van der Waals surface area (Å²) in [5.41, 5.74) is 0. The smallest absolute Gasteiger partial charge is 0.306 e. The molecule has 0 saturated heterocycles. The van der Waals surface area contributed by atoms with Crippen LogP contribution in [0, 0.1) is 0 Å². The van der Waals surface area contributed by atoms with E-state index in [1.165, 1.54) is 103 Å². The number of unbranched alkanes of at least 4 members (excludes halogenated alkanes) is 22. The highest BCUT2D eigenvalue weighted by Crippen LogP contribution is 2.15. The van der Waals surface area contributed by atoms with Crippen LogP contribution >= 0.6 is 0 Å².